The van der Waals surface area contributed by atoms with E-state index in [-0.39, 0.29) is 19.2 Å². The van der Waals surface area contributed by atoms with Crippen LogP contribution in [0.15, 0.2) is 36.4 Å². The lowest BCUT2D eigenvalue weighted by Gasteiger charge is -2.21. The van der Waals surface area contributed by atoms with Gasteiger partial charge in [0.05, 0.1) is 10.7 Å². The number of anilines is 2. The first-order valence-electron chi connectivity index (χ1n) is 7.36. The van der Waals surface area contributed by atoms with Gasteiger partial charge in [-0.25, -0.2) is 0 Å². The van der Waals surface area contributed by atoms with E-state index in [4.69, 9.17) is 32.7 Å². The van der Waals surface area contributed by atoms with E-state index in [1.54, 1.807) is 36.4 Å². The molecule has 0 radical (unpaired) electrons. The zero-order valence-electron chi connectivity index (χ0n) is 13.2. The van der Waals surface area contributed by atoms with Gasteiger partial charge in [-0.1, -0.05) is 23.2 Å². The Labute approximate surface area is 154 Å². The lowest BCUT2D eigenvalue weighted by molar-refractivity contribution is -0.120. The molecular formula is C17H14Cl2N2O4. The van der Waals surface area contributed by atoms with Crippen LogP contribution in [0.3, 0.4) is 0 Å². The summed E-state index contributed by atoms with van der Waals surface area (Å²) in [6.07, 6.45) is 0. The molecule has 25 heavy (non-hydrogen) atoms. The molecule has 0 saturated heterocycles. The number of nitrogens with zero attached hydrogens (tertiary/aromatic N) is 1. The quantitative estimate of drug-likeness (QED) is 0.877. The summed E-state index contributed by atoms with van der Waals surface area (Å²) in [6.45, 7) is 1.33. The predicted octanol–water partition coefficient (Wildman–Crippen LogP) is 3.71. The van der Waals surface area contributed by atoms with Crippen molar-refractivity contribution in [3.63, 3.8) is 0 Å². The average molecular weight is 381 g/mol. The van der Waals surface area contributed by atoms with Crippen molar-refractivity contribution in [2.45, 2.75) is 6.92 Å². The molecule has 2 aromatic rings. The van der Waals surface area contributed by atoms with Crippen LogP contribution in [-0.4, -0.2) is 25.2 Å². The van der Waals surface area contributed by atoms with Crippen LogP contribution in [0.2, 0.25) is 10.0 Å². The summed E-state index contributed by atoms with van der Waals surface area (Å²) in [5.41, 5.74) is 0.914. The Hall–Kier alpha value is -2.44. The van der Waals surface area contributed by atoms with E-state index >= 15 is 0 Å². The van der Waals surface area contributed by atoms with E-state index < -0.39 is 5.91 Å². The molecule has 0 aliphatic carbocycles. The highest BCUT2D eigenvalue weighted by Crippen LogP contribution is 2.35. The molecule has 0 saturated carbocycles. The fourth-order valence-electron chi connectivity index (χ4n) is 2.36. The number of ether oxygens (including phenoxy) is 2. The third-order valence-corrected chi connectivity index (χ3v) is 4.12. The third-order valence-electron chi connectivity index (χ3n) is 3.55. The SMILES string of the molecule is CC(=O)N(CC(=O)Nc1cc(Cl)ccc1Cl)c1ccc2c(c1)OCO2. The minimum atomic E-state index is -0.406. The molecule has 0 fully saturated rings. The first-order valence-corrected chi connectivity index (χ1v) is 8.12. The van der Waals surface area contributed by atoms with Crippen LogP contribution in [0.4, 0.5) is 11.4 Å². The fourth-order valence-corrected chi connectivity index (χ4v) is 2.70. The van der Waals surface area contributed by atoms with Crippen LogP contribution in [0.5, 0.6) is 11.5 Å². The van der Waals surface area contributed by atoms with Crippen molar-refractivity contribution in [1.29, 1.82) is 0 Å². The number of rotatable bonds is 4. The van der Waals surface area contributed by atoms with Gasteiger partial charge in [0.25, 0.3) is 0 Å². The lowest BCUT2D eigenvalue weighted by Crippen LogP contribution is -2.36. The second-order valence-corrected chi connectivity index (χ2v) is 6.16. The molecule has 0 unspecified atom stereocenters. The van der Waals surface area contributed by atoms with Crippen LogP contribution < -0.4 is 19.7 Å². The Bertz CT molecular complexity index is 841. The van der Waals surface area contributed by atoms with Crippen LogP contribution in [0.25, 0.3) is 0 Å². The standard InChI is InChI=1S/C17H14Cl2N2O4/c1-10(22)21(12-3-5-15-16(7-12)25-9-24-15)8-17(23)20-14-6-11(18)2-4-13(14)19/h2-7H,8-9H2,1H3,(H,20,23). The number of hydrogen-bond donors (Lipinski definition) is 1. The number of hydrogen-bond acceptors (Lipinski definition) is 4. The van der Waals surface area contributed by atoms with Gasteiger partial charge in [0, 0.05) is 23.7 Å². The van der Waals surface area contributed by atoms with E-state index in [1.165, 1.54) is 11.8 Å². The molecule has 130 valence electrons. The third kappa shape index (κ3) is 3.97. The summed E-state index contributed by atoms with van der Waals surface area (Å²) in [5.74, 6) is 0.438. The smallest absolute Gasteiger partial charge is 0.244 e. The van der Waals surface area contributed by atoms with Crippen LogP contribution in [0, 0.1) is 0 Å². The van der Waals surface area contributed by atoms with Gasteiger partial charge < -0.3 is 19.7 Å². The highest BCUT2D eigenvalue weighted by Gasteiger charge is 2.20. The van der Waals surface area contributed by atoms with Gasteiger partial charge in [0.2, 0.25) is 18.6 Å². The highest BCUT2D eigenvalue weighted by atomic mass is 35.5. The summed E-state index contributed by atoms with van der Waals surface area (Å²) in [5, 5.41) is 3.45. The maximum Gasteiger partial charge on any atom is 0.244 e. The Balaban J connectivity index is 1.77. The topological polar surface area (TPSA) is 67.9 Å². The molecule has 0 atom stereocenters. The number of fused-ring (bicyclic) bond motifs is 1. The van der Waals surface area contributed by atoms with Crippen LogP contribution in [-0.2, 0) is 9.59 Å². The van der Waals surface area contributed by atoms with Gasteiger partial charge in [-0.3, -0.25) is 9.59 Å². The first-order chi connectivity index (χ1) is 11.9. The fraction of sp³-hybridized carbons (Fsp3) is 0.176. The number of carbonyl (C=O) groups excluding carboxylic acids is 2. The maximum absolute atomic E-state index is 12.3. The molecule has 2 aromatic carbocycles. The number of halogens is 2. The van der Waals surface area contributed by atoms with E-state index in [9.17, 15) is 9.59 Å². The number of nitrogens with one attached hydrogen (secondary N) is 1. The van der Waals surface area contributed by atoms with Crippen molar-refractivity contribution >= 4 is 46.4 Å². The second-order valence-electron chi connectivity index (χ2n) is 5.32. The maximum atomic E-state index is 12.3. The minimum absolute atomic E-state index is 0.132. The number of carbonyl (C=O) groups is 2. The van der Waals surface area contributed by atoms with Crippen molar-refractivity contribution in [2.24, 2.45) is 0 Å². The van der Waals surface area contributed by atoms with Gasteiger partial charge in [0.15, 0.2) is 11.5 Å². The van der Waals surface area contributed by atoms with Crippen LogP contribution in [0.1, 0.15) is 6.92 Å². The van der Waals surface area contributed by atoms with Crippen molar-refractivity contribution in [3.05, 3.63) is 46.4 Å². The largest absolute Gasteiger partial charge is 0.454 e. The predicted molar refractivity (Wildman–Crippen MR) is 95.7 cm³/mol. The van der Waals surface area contributed by atoms with Gasteiger partial charge in [-0.05, 0) is 30.3 Å². The molecule has 0 aromatic heterocycles. The number of benzene rings is 2. The summed E-state index contributed by atoms with van der Waals surface area (Å²) < 4.78 is 10.6. The lowest BCUT2D eigenvalue weighted by atomic mass is 10.2. The Morgan fingerprint density at radius 2 is 1.88 bits per heavy atom. The Morgan fingerprint density at radius 3 is 2.64 bits per heavy atom. The molecule has 0 spiro atoms. The summed E-state index contributed by atoms with van der Waals surface area (Å²) in [7, 11) is 0. The summed E-state index contributed by atoms with van der Waals surface area (Å²) in [6, 6.07) is 9.78. The second kappa shape index (κ2) is 7.21. The van der Waals surface area contributed by atoms with Gasteiger partial charge in [-0.2, -0.15) is 0 Å². The molecule has 8 heteroatoms. The van der Waals surface area contributed by atoms with Crippen LogP contribution >= 0.6 is 23.2 Å². The van der Waals surface area contributed by atoms with E-state index in [0.29, 0.717) is 32.9 Å². The van der Waals surface area contributed by atoms with Crippen molar-refractivity contribution < 1.29 is 19.1 Å². The average Bonchev–Trinajstić information content (AvgIpc) is 3.03. The monoisotopic (exact) mass is 380 g/mol. The van der Waals surface area contributed by atoms with E-state index in [1.807, 2.05) is 0 Å². The molecule has 1 aliphatic heterocycles. The molecule has 1 heterocycles. The molecule has 2 amide bonds. The molecule has 6 nitrogen and oxygen atoms in total. The highest BCUT2D eigenvalue weighted by molar-refractivity contribution is 6.35. The summed E-state index contributed by atoms with van der Waals surface area (Å²) >= 11 is 11.9. The molecule has 1 aliphatic rings. The molecule has 0 bridgehead atoms. The molecule has 1 N–H and O–H groups in total. The molecular weight excluding hydrogens is 367 g/mol. The van der Waals surface area contributed by atoms with Crippen molar-refractivity contribution in [3.8, 4) is 11.5 Å². The van der Waals surface area contributed by atoms with E-state index in [0.717, 1.165) is 0 Å². The first kappa shape index (κ1) is 17.4. The normalized spacial score (nSPS) is 12.0. The number of amides is 2. The van der Waals surface area contributed by atoms with E-state index in [2.05, 4.69) is 5.32 Å². The Kier molecular flexibility index (Phi) is 5.01. The van der Waals surface area contributed by atoms with Crippen molar-refractivity contribution in [1.82, 2.24) is 0 Å². The van der Waals surface area contributed by atoms with Crippen molar-refractivity contribution in [2.75, 3.05) is 23.6 Å². The molecule has 3 rings (SSSR count). The summed E-state index contributed by atoms with van der Waals surface area (Å²) in [4.78, 5) is 25.6. The zero-order valence-corrected chi connectivity index (χ0v) is 14.7. The van der Waals surface area contributed by atoms with Gasteiger partial charge in [0.1, 0.15) is 6.54 Å². The van der Waals surface area contributed by atoms with Gasteiger partial charge >= 0.3 is 0 Å². The van der Waals surface area contributed by atoms with Gasteiger partial charge in [-0.15, -0.1) is 0 Å². The zero-order chi connectivity index (χ0) is 18.0. The Morgan fingerprint density at radius 1 is 1.12 bits per heavy atom. The minimum Gasteiger partial charge on any atom is -0.454 e.